The number of hydrogen-bond donors (Lipinski definition) is 2. The van der Waals surface area contributed by atoms with Gasteiger partial charge >= 0.3 is 0 Å². The Morgan fingerprint density at radius 3 is 2.92 bits per heavy atom. The van der Waals surface area contributed by atoms with Crippen LogP contribution in [0.5, 0.6) is 0 Å². The number of amides is 1. The summed E-state index contributed by atoms with van der Waals surface area (Å²) in [6.45, 7) is 6.20. The number of aliphatic hydroxyl groups is 1. The molecule has 0 fully saturated rings. The first kappa shape index (κ1) is 11.2. The van der Waals surface area contributed by atoms with Gasteiger partial charge in [-0.2, -0.15) is 0 Å². The van der Waals surface area contributed by atoms with Crippen LogP contribution in [0.25, 0.3) is 0 Å². The number of carbonyl (C=O) groups is 1. The molecule has 0 saturated carbocycles. The monoisotopic (exact) mass is 171 g/mol. The second-order valence-corrected chi connectivity index (χ2v) is 2.93. The first-order valence-electron chi connectivity index (χ1n) is 4.21. The molecule has 0 aliphatic carbocycles. The standard InChI is InChI=1S/C9H17NO2/c1-3-9(12)10-6-4-5-8(2)7-11/h3,8,11H,1,4-7H2,2H3,(H,10,12). The van der Waals surface area contributed by atoms with E-state index in [1.165, 1.54) is 6.08 Å². The Kier molecular flexibility index (Phi) is 6.38. The highest BCUT2D eigenvalue weighted by Crippen LogP contribution is 2.02. The van der Waals surface area contributed by atoms with E-state index < -0.39 is 0 Å². The number of carbonyl (C=O) groups excluding carboxylic acids is 1. The molecule has 70 valence electrons. The minimum Gasteiger partial charge on any atom is -0.396 e. The van der Waals surface area contributed by atoms with Gasteiger partial charge in [0.2, 0.25) is 5.91 Å². The smallest absolute Gasteiger partial charge is 0.243 e. The average molecular weight is 171 g/mol. The summed E-state index contributed by atoms with van der Waals surface area (Å²) in [4.78, 5) is 10.6. The first-order valence-corrected chi connectivity index (χ1v) is 4.21. The molecule has 0 aliphatic rings. The van der Waals surface area contributed by atoms with Crippen molar-refractivity contribution in [2.45, 2.75) is 19.8 Å². The van der Waals surface area contributed by atoms with Crippen LogP contribution >= 0.6 is 0 Å². The Bertz CT molecular complexity index is 145. The number of rotatable bonds is 6. The molecule has 1 atom stereocenters. The van der Waals surface area contributed by atoms with E-state index in [2.05, 4.69) is 11.9 Å². The van der Waals surface area contributed by atoms with Crippen molar-refractivity contribution >= 4 is 5.91 Å². The maximum absolute atomic E-state index is 10.6. The molecular formula is C9H17NO2. The topological polar surface area (TPSA) is 49.3 Å². The third kappa shape index (κ3) is 5.92. The minimum absolute atomic E-state index is 0.133. The van der Waals surface area contributed by atoms with Crippen molar-refractivity contribution in [3.63, 3.8) is 0 Å². The lowest BCUT2D eigenvalue weighted by molar-refractivity contribution is -0.116. The van der Waals surface area contributed by atoms with Gasteiger partial charge in [-0.3, -0.25) is 4.79 Å². The number of nitrogens with one attached hydrogen (secondary N) is 1. The van der Waals surface area contributed by atoms with E-state index in [9.17, 15) is 4.79 Å². The fourth-order valence-electron chi connectivity index (χ4n) is 0.826. The highest BCUT2D eigenvalue weighted by atomic mass is 16.3. The van der Waals surface area contributed by atoms with E-state index in [1.807, 2.05) is 6.92 Å². The van der Waals surface area contributed by atoms with Gasteiger partial charge in [0.1, 0.15) is 0 Å². The molecule has 0 aromatic carbocycles. The normalized spacial score (nSPS) is 12.2. The van der Waals surface area contributed by atoms with E-state index in [0.717, 1.165) is 12.8 Å². The van der Waals surface area contributed by atoms with Gasteiger partial charge in [-0.15, -0.1) is 0 Å². The summed E-state index contributed by atoms with van der Waals surface area (Å²) in [5.74, 6) is 0.192. The quantitative estimate of drug-likeness (QED) is 0.456. The molecule has 1 unspecified atom stereocenters. The van der Waals surface area contributed by atoms with Crippen LogP contribution in [-0.4, -0.2) is 24.2 Å². The second-order valence-electron chi connectivity index (χ2n) is 2.93. The lowest BCUT2D eigenvalue weighted by atomic mass is 10.1. The van der Waals surface area contributed by atoms with Gasteiger partial charge in [-0.1, -0.05) is 13.5 Å². The maximum Gasteiger partial charge on any atom is 0.243 e. The van der Waals surface area contributed by atoms with Crippen LogP contribution < -0.4 is 5.32 Å². The van der Waals surface area contributed by atoms with Crippen molar-refractivity contribution in [3.8, 4) is 0 Å². The molecule has 2 N–H and O–H groups in total. The molecule has 0 aromatic rings. The van der Waals surface area contributed by atoms with E-state index in [0.29, 0.717) is 12.5 Å². The lowest BCUT2D eigenvalue weighted by Crippen LogP contribution is -2.22. The summed E-state index contributed by atoms with van der Waals surface area (Å²) in [5, 5.41) is 11.4. The zero-order valence-corrected chi connectivity index (χ0v) is 7.55. The summed E-state index contributed by atoms with van der Waals surface area (Å²) in [6.07, 6.45) is 3.10. The van der Waals surface area contributed by atoms with Crippen molar-refractivity contribution < 1.29 is 9.90 Å². The molecule has 3 nitrogen and oxygen atoms in total. The van der Waals surface area contributed by atoms with Crippen molar-refractivity contribution in [1.29, 1.82) is 0 Å². The molecular weight excluding hydrogens is 154 g/mol. The van der Waals surface area contributed by atoms with E-state index in [4.69, 9.17) is 5.11 Å². The summed E-state index contributed by atoms with van der Waals surface area (Å²) >= 11 is 0. The highest BCUT2D eigenvalue weighted by molar-refractivity contribution is 5.86. The Morgan fingerprint density at radius 1 is 1.75 bits per heavy atom. The van der Waals surface area contributed by atoms with Crippen molar-refractivity contribution in [2.75, 3.05) is 13.2 Å². The minimum atomic E-state index is -0.133. The second kappa shape index (κ2) is 6.85. The van der Waals surface area contributed by atoms with Gasteiger partial charge < -0.3 is 10.4 Å². The zero-order chi connectivity index (χ0) is 9.40. The average Bonchev–Trinajstić information content (AvgIpc) is 2.11. The van der Waals surface area contributed by atoms with Crippen LogP contribution in [0.15, 0.2) is 12.7 Å². The highest BCUT2D eigenvalue weighted by Gasteiger charge is 1.99. The molecule has 0 bridgehead atoms. The fraction of sp³-hybridized carbons (Fsp3) is 0.667. The van der Waals surface area contributed by atoms with Crippen molar-refractivity contribution in [1.82, 2.24) is 5.32 Å². The largest absolute Gasteiger partial charge is 0.396 e. The maximum atomic E-state index is 10.6. The predicted octanol–water partition coefficient (Wildman–Crippen LogP) is 0.697. The first-order chi connectivity index (χ1) is 5.70. The molecule has 0 rings (SSSR count). The molecule has 0 spiro atoms. The van der Waals surface area contributed by atoms with Crippen LogP contribution in [0.4, 0.5) is 0 Å². The van der Waals surface area contributed by atoms with Crippen LogP contribution in [0.2, 0.25) is 0 Å². The lowest BCUT2D eigenvalue weighted by Gasteiger charge is -2.06. The van der Waals surface area contributed by atoms with Crippen LogP contribution in [-0.2, 0) is 4.79 Å². The Labute approximate surface area is 73.5 Å². The summed E-state index contributed by atoms with van der Waals surface area (Å²) in [5.41, 5.74) is 0. The molecule has 0 heterocycles. The number of aliphatic hydroxyl groups excluding tert-OH is 1. The Balaban J connectivity index is 3.21. The molecule has 3 heteroatoms. The van der Waals surface area contributed by atoms with Crippen molar-refractivity contribution in [2.24, 2.45) is 5.92 Å². The molecule has 0 radical (unpaired) electrons. The molecule has 1 amide bonds. The van der Waals surface area contributed by atoms with Crippen LogP contribution in [0.3, 0.4) is 0 Å². The van der Waals surface area contributed by atoms with Gasteiger partial charge in [0.25, 0.3) is 0 Å². The van der Waals surface area contributed by atoms with Gasteiger partial charge in [0.05, 0.1) is 0 Å². The van der Waals surface area contributed by atoms with E-state index in [1.54, 1.807) is 0 Å². The van der Waals surface area contributed by atoms with Gasteiger partial charge in [0, 0.05) is 13.2 Å². The van der Waals surface area contributed by atoms with Crippen molar-refractivity contribution in [3.05, 3.63) is 12.7 Å². The summed E-state index contributed by atoms with van der Waals surface area (Å²) < 4.78 is 0. The molecule has 12 heavy (non-hydrogen) atoms. The van der Waals surface area contributed by atoms with Gasteiger partial charge in [-0.05, 0) is 24.8 Å². The Hall–Kier alpha value is -0.830. The van der Waals surface area contributed by atoms with Gasteiger partial charge in [0.15, 0.2) is 0 Å². The Morgan fingerprint density at radius 2 is 2.42 bits per heavy atom. The SMILES string of the molecule is C=CC(=O)NCCCC(C)CO. The molecule has 0 aliphatic heterocycles. The van der Waals surface area contributed by atoms with E-state index in [-0.39, 0.29) is 12.5 Å². The third-order valence-electron chi connectivity index (χ3n) is 1.67. The fourth-order valence-corrected chi connectivity index (χ4v) is 0.826. The molecule has 0 saturated heterocycles. The summed E-state index contributed by atoms with van der Waals surface area (Å²) in [6, 6.07) is 0. The third-order valence-corrected chi connectivity index (χ3v) is 1.67. The van der Waals surface area contributed by atoms with E-state index >= 15 is 0 Å². The van der Waals surface area contributed by atoms with Crippen LogP contribution in [0, 0.1) is 5.92 Å². The number of hydrogen-bond acceptors (Lipinski definition) is 2. The zero-order valence-electron chi connectivity index (χ0n) is 7.55. The molecule has 0 aromatic heterocycles. The predicted molar refractivity (Wildman–Crippen MR) is 48.7 cm³/mol. The van der Waals surface area contributed by atoms with Gasteiger partial charge in [-0.25, -0.2) is 0 Å². The van der Waals surface area contributed by atoms with Crippen LogP contribution in [0.1, 0.15) is 19.8 Å². The summed E-state index contributed by atoms with van der Waals surface area (Å²) in [7, 11) is 0.